The van der Waals surface area contributed by atoms with Gasteiger partial charge in [0.15, 0.2) is 8.32 Å². The second-order valence-electron chi connectivity index (χ2n) is 13.5. The van der Waals surface area contributed by atoms with Gasteiger partial charge in [-0.1, -0.05) is 41.5 Å². The molecule has 2 N–H and O–H groups in total. The first-order chi connectivity index (χ1) is 17.2. The average molecular weight is 559 g/mol. The molecule has 222 valence electrons. The van der Waals surface area contributed by atoms with Crippen LogP contribution in [-0.2, 0) is 23.5 Å². The molecule has 2 amide bonds. The Kier molecular flexibility index (Phi) is 11.9. The number of nitrogens with zero attached hydrogens (tertiary/aromatic N) is 1. The molecule has 0 aromatic heterocycles. The van der Waals surface area contributed by atoms with Gasteiger partial charge in [-0.3, -0.25) is 9.69 Å². The molecule has 1 aliphatic rings. The van der Waals surface area contributed by atoms with Crippen LogP contribution in [0.15, 0.2) is 0 Å². The Morgan fingerprint density at radius 1 is 0.921 bits per heavy atom. The number of nitrogens with one attached hydrogen (secondary N) is 1. The molecule has 0 radical (unpaired) electrons. The van der Waals surface area contributed by atoms with E-state index >= 15 is 0 Å². The maximum Gasteiger partial charge on any atom is 0.411 e. The first kappa shape index (κ1) is 34.4. The van der Waals surface area contributed by atoms with Gasteiger partial charge >= 0.3 is 12.1 Å². The Balaban J connectivity index is 3.60. The third kappa shape index (κ3) is 8.68. The largest absolute Gasteiger partial charge is 0.458 e. The van der Waals surface area contributed by atoms with Crippen molar-refractivity contribution in [3.8, 4) is 0 Å². The van der Waals surface area contributed by atoms with Crippen molar-refractivity contribution in [1.82, 2.24) is 10.2 Å². The predicted octanol–water partition coefficient (Wildman–Crippen LogP) is 5.01. The van der Waals surface area contributed by atoms with Crippen LogP contribution < -0.4 is 5.32 Å². The van der Waals surface area contributed by atoms with Crippen molar-refractivity contribution in [2.75, 3.05) is 13.2 Å². The molecule has 38 heavy (non-hydrogen) atoms. The van der Waals surface area contributed by atoms with E-state index in [2.05, 4.69) is 46.9 Å². The highest BCUT2D eigenvalue weighted by atomic mass is 28.4. The number of carbonyl (C=O) groups excluding carboxylic acids is 3. The molecule has 1 heterocycles. The maximum absolute atomic E-state index is 13.6. The summed E-state index contributed by atoms with van der Waals surface area (Å²) in [5, 5.41) is 13.4. The molecule has 1 fully saturated rings. The van der Waals surface area contributed by atoms with Gasteiger partial charge in [0.2, 0.25) is 5.91 Å². The fraction of sp³-hybridized carbons (Fsp3) is 0.893. The molecule has 0 saturated carbocycles. The lowest BCUT2D eigenvalue weighted by Gasteiger charge is -2.44. The number of ether oxygens (including phenoxy) is 2. The molecular weight excluding hydrogens is 504 g/mol. The van der Waals surface area contributed by atoms with Crippen LogP contribution in [0.5, 0.6) is 0 Å². The van der Waals surface area contributed by atoms with Gasteiger partial charge in [0.1, 0.15) is 17.2 Å². The molecule has 1 rings (SSSR count). The molecule has 0 aromatic carbocycles. The number of esters is 1. The van der Waals surface area contributed by atoms with Crippen molar-refractivity contribution in [3.05, 3.63) is 0 Å². The number of rotatable bonds is 10. The van der Waals surface area contributed by atoms with E-state index in [0.717, 1.165) is 0 Å². The van der Waals surface area contributed by atoms with Gasteiger partial charge in [0.05, 0.1) is 18.7 Å². The summed E-state index contributed by atoms with van der Waals surface area (Å²) in [6.45, 7) is 24.9. The van der Waals surface area contributed by atoms with E-state index in [1.807, 2.05) is 0 Å². The average Bonchev–Trinajstić information content (AvgIpc) is 3.09. The third-order valence-electron chi connectivity index (χ3n) is 7.20. The smallest absolute Gasteiger partial charge is 0.411 e. The summed E-state index contributed by atoms with van der Waals surface area (Å²) in [6, 6.07) is -2.35. The van der Waals surface area contributed by atoms with Crippen LogP contribution in [-0.4, -0.2) is 78.8 Å². The quantitative estimate of drug-likeness (QED) is 0.286. The first-order valence-electron chi connectivity index (χ1n) is 13.9. The number of aliphatic hydroxyl groups is 1. The minimum absolute atomic E-state index is 0.155. The number of hydrogen-bond acceptors (Lipinski definition) is 7. The van der Waals surface area contributed by atoms with Crippen molar-refractivity contribution in [2.45, 2.75) is 142 Å². The Bertz CT molecular complexity index is 795. The Labute approximate surface area is 231 Å². The number of amides is 2. The molecule has 4 atom stereocenters. The highest BCUT2D eigenvalue weighted by molar-refractivity contribution is 6.77. The number of aliphatic hydroxyl groups excluding tert-OH is 1. The lowest BCUT2D eigenvalue weighted by molar-refractivity contribution is -0.160. The zero-order valence-electron chi connectivity index (χ0n) is 26.0. The monoisotopic (exact) mass is 558 g/mol. The van der Waals surface area contributed by atoms with Crippen LogP contribution in [0.4, 0.5) is 4.79 Å². The minimum atomic E-state index is -2.32. The van der Waals surface area contributed by atoms with Crippen molar-refractivity contribution in [2.24, 2.45) is 5.92 Å². The van der Waals surface area contributed by atoms with Gasteiger partial charge in [0.25, 0.3) is 0 Å². The lowest BCUT2D eigenvalue weighted by atomic mass is 9.94. The van der Waals surface area contributed by atoms with Crippen molar-refractivity contribution in [1.29, 1.82) is 0 Å². The van der Waals surface area contributed by atoms with Crippen LogP contribution in [0, 0.1) is 5.92 Å². The summed E-state index contributed by atoms with van der Waals surface area (Å²) in [4.78, 5) is 40.7. The van der Waals surface area contributed by atoms with E-state index in [4.69, 9.17) is 13.9 Å². The van der Waals surface area contributed by atoms with Gasteiger partial charge in [-0.25, -0.2) is 9.59 Å². The number of carbonyl (C=O) groups is 3. The number of likely N-dealkylation sites (tertiary alicyclic amines) is 1. The van der Waals surface area contributed by atoms with Crippen LogP contribution in [0.1, 0.15) is 96.4 Å². The minimum Gasteiger partial charge on any atom is -0.458 e. The zero-order valence-corrected chi connectivity index (χ0v) is 27.0. The van der Waals surface area contributed by atoms with Gasteiger partial charge in [-0.15, -0.1) is 0 Å². The Morgan fingerprint density at radius 2 is 1.39 bits per heavy atom. The van der Waals surface area contributed by atoms with E-state index in [1.165, 1.54) is 11.8 Å². The highest BCUT2D eigenvalue weighted by Crippen LogP contribution is 2.43. The van der Waals surface area contributed by atoms with Crippen LogP contribution >= 0.6 is 0 Å². The summed E-state index contributed by atoms with van der Waals surface area (Å²) >= 11 is 0. The van der Waals surface area contributed by atoms with Crippen LogP contribution in [0.2, 0.25) is 16.6 Å². The second-order valence-corrected chi connectivity index (χ2v) is 19.0. The van der Waals surface area contributed by atoms with Gasteiger partial charge < -0.3 is 24.3 Å². The highest BCUT2D eigenvalue weighted by Gasteiger charge is 2.53. The topological polar surface area (TPSA) is 114 Å². The Morgan fingerprint density at radius 3 is 1.76 bits per heavy atom. The molecule has 1 saturated heterocycles. The molecule has 10 heteroatoms. The Hall–Kier alpha value is -1.65. The fourth-order valence-electron chi connectivity index (χ4n) is 6.04. The van der Waals surface area contributed by atoms with Crippen molar-refractivity contribution in [3.63, 3.8) is 0 Å². The van der Waals surface area contributed by atoms with E-state index < -0.39 is 55.6 Å². The van der Waals surface area contributed by atoms with E-state index in [-0.39, 0.29) is 25.5 Å². The van der Waals surface area contributed by atoms with E-state index in [0.29, 0.717) is 16.6 Å². The molecule has 0 aromatic rings. The molecule has 0 aliphatic carbocycles. The SMILES string of the molecule is CC(=O)N[C@@H](CO[Si](C(C)C)(C(C)C)C(C)C)[C@H]1[C@H](CO)C[C@H](C(=O)OC(C)(C)C)N1C(=O)OC(C)(C)C. The maximum atomic E-state index is 13.6. The summed E-state index contributed by atoms with van der Waals surface area (Å²) in [5.41, 5.74) is -0.634. The van der Waals surface area contributed by atoms with Crippen molar-refractivity contribution < 1.29 is 33.4 Å². The standard InChI is InChI=1S/C28H54N2O7Si/c1-17(2)38(18(3)4,19(5)6)35-16-22(29-20(7)32)24-21(15-31)14-23(25(33)36-27(8,9)10)30(24)26(34)37-28(11,12)13/h17-19,21-24,31H,14-16H2,1-13H3,(H,29,32)/t21-,22-,23+,24+/m0/s1. The van der Waals surface area contributed by atoms with Gasteiger partial charge in [-0.2, -0.15) is 0 Å². The third-order valence-corrected chi connectivity index (χ3v) is 13.3. The molecule has 0 unspecified atom stereocenters. The fourth-order valence-corrected chi connectivity index (χ4v) is 11.5. The summed E-state index contributed by atoms with van der Waals surface area (Å²) in [6.07, 6.45) is -0.503. The molecular formula is C28H54N2O7Si. The van der Waals surface area contributed by atoms with Gasteiger partial charge in [-0.05, 0) is 64.6 Å². The summed E-state index contributed by atoms with van der Waals surface area (Å²) < 4.78 is 18.2. The van der Waals surface area contributed by atoms with E-state index in [1.54, 1.807) is 41.5 Å². The van der Waals surface area contributed by atoms with E-state index in [9.17, 15) is 19.5 Å². The first-order valence-corrected chi connectivity index (χ1v) is 16.1. The van der Waals surface area contributed by atoms with Crippen LogP contribution in [0.3, 0.4) is 0 Å². The van der Waals surface area contributed by atoms with Crippen LogP contribution in [0.25, 0.3) is 0 Å². The zero-order chi connectivity index (χ0) is 29.8. The summed E-state index contributed by atoms with van der Waals surface area (Å²) in [5.74, 6) is -1.35. The molecule has 1 aliphatic heterocycles. The van der Waals surface area contributed by atoms with Crippen molar-refractivity contribution >= 4 is 26.3 Å². The molecule has 9 nitrogen and oxygen atoms in total. The van der Waals surface area contributed by atoms with Gasteiger partial charge in [0, 0.05) is 19.4 Å². The number of hydrogen-bond donors (Lipinski definition) is 2. The normalized spacial score (nSPS) is 21.7. The predicted molar refractivity (Wildman–Crippen MR) is 151 cm³/mol. The molecule has 0 bridgehead atoms. The summed E-state index contributed by atoms with van der Waals surface area (Å²) in [7, 11) is -2.32. The second kappa shape index (κ2) is 13.1. The lowest BCUT2D eigenvalue weighted by Crippen LogP contribution is -2.60. The molecule has 0 spiro atoms.